The van der Waals surface area contributed by atoms with Gasteiger partial charge in [-0.15, -0.1) is 0 Å². The van der Waals surface area contributed by atoms with E-state index in [2.05, 4.69) is 4.72 Å². The number of ether oxygens (including phenoxy) is 3. The number of methoxy groups -OCH3 is 1. The number of hydrogen-bond donors (Lipinski definition) is 2. The molecule has 2 saturated heterocycles. The normalized spacial score (nSPS) is 25.6. The number of sulfonamides is 1. The molecule has 3 atom stereocenters. The van der Waals surface area contributed by atoms with Gasteiger partial charge in [-0.3, -0.25) is 4.79 Å². The lowest BCUT2D eigenvalue weighted by Gasteiger charge is -2.36. The maximum absolute atomic E-state index is 12.8. The van der Waals surface area contributed by atoms with Crippen molar-refractivity contribution in [2.75, 3.05) is 40.0 Å². The summed E-state index contributed by atoms with van der Waals surface area (Å²) in [4.78, 5) is 14.2. The number of nitrogens with zero attached hydrogens (tertiary/aromatic N) is 1. The van der Waals surface area contributed by atoms with Crippen LogP contribution in [0.5, 0.6) is 5.75 Å². The number of hydrogen-bond acceptors (Lipinski definition) is 7. The van der Waals surface area contributed by atoms with Crippen molar-refractivity contribution in [3.8, 4) is 5.75 Å². The molecule has 1 aromatic carbocycles. The molecule has 0 aliphatic carbocycles. The Hall–Kier alpha value is -1.72. The highest BCUT2D eigenvalue weighted by molar-refractivity contribution is 7.89. The second-order valence-electron chi connectivity index (χ2n) is 7.13. The molecule has 1 amide bonds. The second-order valence-corrected chi connectivity index (χ2v) is 8.81. The average Bonchev–Trinajstić information content (AvgIpc) is 2.75. The number of benzene rings is 1. The first-order valence-corrected chi connectivity index (χ1v) is 11.2. The van der Waals surface area contributed by atoms with Crippen LogP contribution < -0.4 is 9.46 Å². The number of para-hydroxylation sites is 1. The standard InChI is InChI=1S/C19H28N2O7S/c1-26-16-4-2-3-5-18(16)29(24,25)20-15-7-6-14(28-17(15)13-22)12-19(23)21-8-10-27-11-9-21/h2-5,14-15,17,20,22H,6-13H2,1H3/t14-,15-,17-/m0/s1. The summed E-state index contributed by atoms with van der Waals surface area (Å²) in [7, 11) is -2.45. The monoisotopic (exact) mass is 428 g/mol. The van der Waals surface area contributed by atoms with Crippen molar-refractivity contribution in [3.63, 3.8) is 0 Å². The van der Waals surface area contributed by atoms with Crippen molar-refractivity contribution < 1.29 is 32.5 Å². The quantitative estimate of drug-likeness (QED) is 0.634. The Morgan fingerprint density at radius 2 is 2.00 bits per heavy atom. The maximum atomic E-state index is 12.8. The fourth-order valence-electron chi connectivity index (χ4n) is 3.66. The van der Waals surface area contributed by atoms with Gasteiger partial charge >= 0.3 is 0 Å². The van der Waals surface area contributed by atoms with Gasteiger partial charge in [0.05, 0.1) is 51.6 Å². The number of carbonyl (C=O) groups excluding carboxylic acids is 1. The highest BCUT2D eigenvalue weighted by Crippen LogP contribution is 2.27. The molecule has 0 saturated carbocycles. The van der Waals surface area contributed by atoms with E-state index in [0.717, 1.165) is 0 Å². The molecule has 29 heavy (non-hydrogen) atoms. The van der Waals surface area contributed by atoms with Crippen LogP contribution in [-0.4, -0.2) is 82.6 Å². The Bertz CT molecular complexity index is 796. The Kier molecular flexibility index (Phi) is 7.47. The third-order valence-electron chi connectivity index (χ3n) is 5.23. The number of carbonyl (C=O) groups is 1. The summed E-state index contributed by atoms with van der Waals surface area (Å²) in [6.07, 6.45) is 0.111. The molecular weight excluding hydrogens is 400 g/mol. The first-order chi connectivity index (χ1) is 13.9. The predicted octanol–water partition coefficient (Wildman–Crippen LogP) is 0.131. The van der Waals surface area contributed by atoms with Crippen molar-refractivity contribution in [2.45, 2.75) is 42.4 Å². The Morgan fingerprint density at radius 3 is 2.69 bits per heavy atom. The molecule has 0 spiro atoms. The molecule has 2 fully saturated rings. The van der Waals surface area contributed by atoms with E-state index >= 15 is 0 Å². The number of nitrogens with one attached hydrogen (secondary N) is 1. The molecule has 0 bridgehead atoms. The van der Waals surface area contributed by atoms with E-state index in [0.29, 0.717) is 39.1 Å². The molecule has 2 N–H and O–H groups in total. The van der Waals surface area contributed by atoms with Gasteiger partial charge in [0.2, 0.25) is 15.9 Å². The van der Waals surface area contributed by atoms with E-state index in [1.807, 2.05) is 0 Å². The van der Waals surface area contributed by atoms with Crippen molar-refractivity contribution in [2.24, 2.45) is 0 Å². The molecule has 0 unspecified atom stereocenters. The number of amides is 1. The molecule has 162 valence electrons. The minimum Gasteiger partial charge on any atom is -0.495 e. The fourth-order valence-corrected chi connectivity index (χ4v) is 5.13. The smallest absolute Gasteiger partial charge is 0.244 e. The largest absolute Gasteiger partial charge is 0.495 e. The molecule has 0 aromatic heterocycles. The lowest BCUT2D eigenvalue weighted by Crippen LogP contribution is -2.51. The van der Waals surface area contributed by atoms with Gasteiger partial charge in [0.1, 0.15) is 10.6 Å². The molecule has 0 radical (unpaired) electrons. The van der Waals surface area contributed by atoms with Crippen LogP contribution in [0.4, 0.5) is 0 Å². The number of aliphatic hydroxyl groups is 1. The van der Waals surface area contributed by atoms with Gasteiger partial charge in [0, 0.05) is 13.1 Å². The Labute approximate surface area is 171 Å². The number of rotatable bonds is 7. The summed E-state index contributed by atoms with van der Waals surface area (Å²) < 4.78 is 44.5. The summed E-state index contributed by atoms with van der Waals surface area (Å²) >= 11 is 0. The van der Waals surface area contributed by atoms with Crippen LogP contribution in [0.1, 0.15) is 19.3 Å². The molecule has 10 heteroatoms. The third-order valence-corrected chi connectivity index (χ3v) is 6.76. The molecule has 1 aromatic rings. The van der Waals surface area contributed by atoms with Crippen molar-refractivity contribution in [3.05, 3.63) is 24.3 Å². The average molecular weight is 429 g/mol. The van der Waals surface area contributed by atoms with E-state index in [1.54, 1.807) is 23.1 Å². The molecule has 2 aliphatic rings. The minimum atomic E-state index is -3.86. The zero-order chi connectivity index (χ0) is 20.9. The van der Waals surface area contributed by atoms with Gasteiger partial charge in [-0.2, -0.15) is 0 Å². The highest BCUT2D eigenvalue weighted by Gasteiger charge is 2.36. The second kappa shape index (κ2) is 9.86. The highest BCUT2D eigenvalue weighted by atomic mass is 32.2. The van der Waals surface area contributed by atoms with Crippen LogP contribution in [-0.2, 0) is 24.3 Å². The lowest BCUT2D eigenvalue weighted by molar-refractivity contribution is -0.143. The van der Waals surface area contributed by atoms with Gasteiger partial charge < -0.3 is 24.2 Å². The van der Waals surface area contributed by atoms with E-state index in [9.17, 15) is 18.3 Å². The summed E-state index contributed by atoms with van der Waals surface area (Å²) in [5, 5.41) is 9.73. The van der Waals surface area contributed by atoms with Crippen molar-refractivity contribution in [1.29, 1.82) is 0 Å². The van der Waals surface area contributed by atoms with Crippen molar-refractivity contribution in [1.82, 2.24) is 9.62 Å². The first-order valence-electron chi connectivity index (χ1n) is 9.72. The van der Waals surface area contributed by atoms with Crippen LogP contribution in [0.15, 0.2) is 29.2 Å². The fraction of sp³-hybridized carbons (Fsp3) is 0.632. The van der Waals surface area contributed by atoms with Crippen LogP contribution >= 0.6 is 0 Å². The predicted molar refractivity (Wildman–Crippen MR) is 104 cm³/mol. The summed E-state index contributed by atoms with van der Waals surface area (Å²) in [6.45, 7) is 1.85. The zero-order valence-corrected chi connectivity index (χ0v) is 17.3. The Morgan fingerprint density at radius 1 is 1.28 bits per heavy atom. The summed E-state index contributed by atoms with van der Waals surface area (Å²) in [5.41, 5.74) is 0. The minimum absolute atomic E-state index is 0.0111. The van der Waals surface area contributed by atoms with E-state index in [-0.39, 0.29) is 35.7 Å². The molecule has 2 heterocycles. The third kappa shape index (κ3) is 5.46. The summed E-state index contributed by atoms with van der Waals surface area (Å²) in [5.74, 6) is 0.231. The topological polar surface area (TPSA) is 114 Å². The molecule has 9 nitrogen and oxygen atoms in total. The van der Waals surface area contributed by atoms with Crippen LogP contribution in [0.3, 0.4) is 0 Å². The first kappa shape index (κ1) is 22.0. The number of morpholine rings is 1. The number of aliphatic hydroxyl groups excluding tert-OH is 1. The van der Waals surface area contributed by atoms with Gasteiger partial charge in [0.25, 0.3) is 0 Å². The van der Waals surface area contributed by atoms with Crippen LogP contribution in [0, 0.1) is 0 Å². The van der Waals surface area contributed by atoms with Gasteiger partial charge in [-0.1, -0.05) is 12.1 Å². The van der Waals surface area contributed by atoms with E-state index < -0.39 is 22.2 Å². The molecular formula is C19H28N2O7S. The van der Waals surface area contributed by atoms with Gasteiger partial charge in [0.15, 0.2) is 0 Å². The van der Waals surface area contributed by atoms with Crippen LogP contribution in [0.25, 0.3) is 0 Å². The SMILES string of the molecule is COc1ccccc1S(=O)(=O)N[C@H]1CC[C@@H](CC(=O)N2CCOCC2)O[C@H]1CO. The molecule has 3 rings (SSSR count). The maximum Gasteiger partial charge on any atom is 0.244 e. The van der Waals surface area contributed by atoms with Crippen LogP contribution in [0.2, 0.25) is 0 Å². The van der Waals surface area contributed by atoms with Crippen molar-refractivity contribution >= 4 is 15.9 Å². The van der Waals surface area contributed by atoms with Gasteiger partial charge in [-0.05, 0) is 25.0 Å². The van der Waals surface area contributed by atoms with E-state index in [4.69, 9.17) is 14.2 Å². The molecule has 2 aliphatic heterocycles. The summed E-state index contributed by atoms with van der Waals surface area (Å²) in [6, 6.07) is 5.75. The van der Waals surface area contributed by atoms with E-state index in [1.165, 1.54) is 13.2 Å². The van der Waals surface area contributed by atoms with Gasteiger partial charge in [-0.25, -0.2) is 13.1 Å². The Balaban J connectivity index is 1.61. The lowest BCUT2D eigenvalue weighted by atomic mass is 9.97. The zero-order valence-electron chi connectivity index (χ0n) is 16.5.